The number of pyridine rings is 1. The first-order valence-electron chi connectivity index (χ1n) is 6.14. The van der Waals surface area contributed by atoms with Crippen LogP contribution in [0, 0.1) is 0 Å². The van der Waals surface area contributed by atoms with Gasteiger partial charge in [-0.3, -0.25) is 4.79 Å². The van der Waals surface area contributed by atoms with E-state index in [0.29, 0.717) is 18.4 Å². The molecule has 2 heterocycles. The molecule has 1 aliphatic heterocycles. The van der Waals surface area contributed by atoms with Crippen molar-refractivity contribution in [2.75, 3.05) is 20.3 Å². The standard InChI is InChI=1S/C13H18N2O3/c1-3-18-12-5-4-9(7-15-12)10-6-11(14-8-10)13(16)17-2/h4-5,7,10-11,14H,3,6,8H2,1-2H3/t10?,11-/m1/s1. The number of carbonyl (C=O) groups is 1. The third-order valence-corrected chi connectivity index (χ3v) is 3.14. The van der Waals surface area contributed by atoms with E-state index in [2.05, 4.69) is 10.3 Å². The fraction of sp³-hybridized carbons (Fsp3) is 0.538. The number of nitrogens with zero attached hydrogens (tertiary/aromatic N) is 1. The molecule has 0 spiro atoms. The maximum Gasteiger partial charge on any atom is 0.322 e. The highest BCUT2D eigenvalue weighted by Gasteiger charge is 2.30. The lowest BCUT2D eigenvalue weighted by molar-refractivity contribution is -0.142. The van der Waals surface area contributed by atoms with Crippen molar-refractivity contribution in [1.82, 2.24) is 10.3 Å². The van der Waals surface area contributed by atoms with Gasteiger partial charge in [0.05, 0.1) is 13.7 Å². The average Bonchev–Trinajstić information content (AvgIpc) is 2.89. The SMILES string of the molecule is CCOc1ccc(C2CN[C@@H](C(=O)OC)C2)cn1. The highest BCUT2D eigenvalue weighted by molar-refractivity contribution is 5.76. The van der Waals surface area contributed by atoms with Crippen molar-refractivity contribution in [2.24, 2.45) is 0 Å². The summed E-state index contributed by atoms with van der Waals surface area (Å²) in [5, 5.41) is 3.16. The van der Waals surface area contributed by atoms with Crippen LogP contribution in [0.3, 0.4) is 0 Å². The molecule has 1 fully saturated rings. The zero-order chi connectivity index (χ0) is 13.0. The summed E-state index contributed by atoms with van der Waals surface area (Å²) in [6, 6.07) is 3.67. The fourth-order valence-corrected chi connectivity index (χ4v) is 2.18. The van der Waals surface area contributed by atoms with Crippen LogP contribution in [-0.4, -0.2) is 37.3 Å². The Bertz CT molecular complexity index is 405. The van der Waals surface area contributed by atoms with E-state index in [1.807, 2.05) is 25.3 Å². The number of methoxy groups -OCH3 is 1. The number of hydrogen-bond acceptors (Lipinski definition) is 5. The highest BCUT2D eigenvalue weighted by atomic mass is 16.5. The van der Waals surface area contributed by atoms with E-state index in [1.54, 1.807) is 0 Å². The van der Waals surface area contributed by atoms with E-state index in [9.17, 15) is 4.79 Å². The zero-order valence-electron chi connectivity index (χ0n) is 10.7. The van der Waals surface area contributed by atoms with Crippen LogP contribution >= 0.6 is 0 Å². The Morgan fingerprint density at radius 3 is 3.00 bits per heavy atom. The van der Waals surface area contributed by atoms with E-state index in [0.717, 1.165) is 18.5 Å². The Balaban J connectivity index is 1.98. The molecule has 1 unspecified atom stereocenters. The van der Waals surface area contributed by atoms with Crippen molar-refractivity contribution >= 4 is 5.97 Å². The van der Waals surface area contributed by atoms with E-state index < -0.39 is 0 Å². The van der Waals surface area contributed by atoms with Crippen molar-refractivity contribution in [3.05, 3.63) is 23.9 Å². The van der Waals surface area contributed by atoms with Crippen molar-refractivity contribution in [2.45, 2.75) is 25.3 Å². The van der Waals surface area contributed by atoms with Crippen molar-refractivity contribution in [3.8, 4) is 5.88 Å². The van der Waals surface area contributed by atoms with Crippen LogP contribution < -0.4 is 10.1 Å². The van der Waals surface area contributed by atoms with Crippen LogP contribution in [0.1, 0.15) is 24.8 Å². The summed E-state index contributed by atoms with van der Waals surface area (Å²) in [6.45, 7) is 3.31. The number of carbonyl (C=O) groups excluding carboxylic acids is 1. The van der Waals surface area contributed by atoms with E-state index in [-0.39, 0.29) is 12.0 Å². The van der Waals surface area contributed by atoms with Crippen LogP contribution in [0.2, 0.25) is 0 Å². The van der Waals surface area contributed by atoms with Gasteiger partial charge in [0.1, 0.15) is 6.04 Å². The molecule has 0 aliphatic carbocycles. The smallest absolute Gasteiger partial charge is 0.322 e. The Labute approximate surface area is 107 Å². The fourth-order valence-electron chi connectivity index (χ4n) is 2.18. The second-order valence-corrected chi connectivity index (χ2v) is 4.28. The third kappa shape index (κ3) is 2.79. The molecule has 1 aromatic heterocycles. The molecule has 1 aromatic rings. The van der Waals surface area contributed by atoms with E-state index in [1.165, 1.54) is 7.11 Å². The van der Waals surface area contributed by atoms with Gasteiger partial charge in [-0.25, -0.2) is 4.98 Å². The molecule has 98 valence electrons. The van der Waals surface area contributed by atoms with E-state index >= 15 is 0 Å². The molecule has 5 nitrogen and oxygen atoms in total. The van der Waals surface area contributed by atoms with Gasteiger partial charge < -0.3 is 14.8 Å². The number of hydrogen-bond donors (Lipinski definition) is 1. The zero-order valence-corrected chi connectivity index (χ0v) is 10.7. The second-order valence-electron chi connectivity index (χ2n) is 4.28. The summed E-state index contributed by atoms with van der Waals surface area (Å²) in [7, 11) is 1.41. The van der Waals surface area contributed by atoms with Gasteiger partial charge in [-0.2, -0.15) is 0 Å². The van der Waals surface area contributed by atoms with Crippen LogP contribution in [0.25, 0.3) is 0 Å². The maximum absolute atomic E-state index is 11.4. The molecule has 1 aliphatic rings. The van der Waals surface area contributed by atoms with Gasteiger partial charge in [0.15, 0.2) is 0 Å². The minimum absolute atomic E-state index is 0.198. The molecule has 0 aromatic carbocycles. The Kier molecular flexibility index (Phi) is 4.15. The molecule has 2 atom stereocenters. The number of aromatic nitrogens is 1. The first kappa shape index (κ1) is 12.8. The number of rotatable bonds is 4. The molecular formula is C13H18N2O3. The Morgan fingerprint density at radius 1 is 1.56 bits per heavy atom. The molecule has 0 amide bonds. The van der Waals surface area contributed by atoms with Crippen LogP contribution in [0.15, 0.2) is 18.3 Å². The Hall–Kier alpha value is -1.62. The first-order chi connectivity index (χ1) is 8.74. The molecule has 18 heavy (non-hydrogen) atoms. The van der Waals surface area contributed by atoms with Crippen molar-refractivity contribution in [3.63, 3.8) is 0 Å². The normalized spacial score (nSPS) is 22.8. The molecule has 5 heteroatoms. The molecule has 0 radical (unpaired) electrons. The summed E-state index contributed by atoms with van der Waals surface area (Å²) in [5.74, 6) is 0.741. The molecule has 2 rings (SSSR count). The summed E-state index contributed by atoms with van der Waals surface area (Å²) < 4.78 is 10.0. The number of nitrogens with one attached hydrogen (secondary N) is 1. The Morgan fingerprint density at radius 2 is 2.39 bits per heavy atom. The van der Waals surface area contributed by atoms with Crippen LogP contribution in [0.5, 0.6) is 5.88 Å². The van der Waals surface area contributed by atoms with Gasteiger partial charge in [0.25, 0.3) is 0 Å². The van der Waals surface area contributed by atoms with Gasteiger partial charge in [-0.05, 0) is 24.8 Å². The van der Waals surface area contributed by atoms with Gasteiger partial charge in [0.2, 0.25) is 5.88 Å². The van der Waals surface area contributed by atoms with E-state index in [4.69, 9.17) is 9.47 Å². The monoisotopic (exact) mass is 250 g/mol. The second kappa shape index (κ2) is 5.82. The van der Waals surface area contributed by atoms with Gasteiger partial charge in [0, 0.05) is 18.8 Å². The third-order valence-electron chi connectivity index (χ3n) is 3.14. The summed E-state index contributed by atoms with van der Waals surface area (Å²) in [5.41, 5.74) is 1.12. The lowest BCUT2D eigenvalue weighted by Crippen LogP contribution is -2.31. The molecular weight excluding hydrogens is 232 g/mol. The summed E-state index contributed by atoms with van der Waals surface area (Å²) >= 11 is 0. The van der Waals surface area contributed by atoms with Gasteiger partial charge >= 0.3 is 5.97 Å². The predicted octanol–water partition coefficient (Wildman–Crippen LogP) is 1.10. The molecule has 1 saturated heterocycles. The summed E-state index contributed by atoms with van der Waals surface area (Å²) in [6.07, 6.45) is 2.57. The lowest BCUT2D eigenvalue weighted by Gasteiger charge is -2.09. The van der Waals surface area contributed by atoms with Gasteiger partial charge in [-0.1, -0.05) is 6.07 Å². The molecule has 0 saturated carbocycles. The van der Waals surface area contributed by atoms with Crippen molar-refractivity contribution < 1.29 is 14.3 Å². The molecule has 0 bridgehead atoms. The number of esters is 1. The predicted molar refractivity (Wildman–Crippen MR) is 66.6 cm³/mol. The largest absolute Gasteiger partial charge is 0.478 e. The van der Waals surface area contributed by atoms with Crippen molar-refractivity contribution in [1.29, 1.82) is 0 Å². The average molecular weight is 250 g/mol. The first-order valence-corrected chi connectivity index (χ1v) is 6.14. The molecule has 1 N–H and O–H groups in total. The van der Waals surface area contributed by atoms with Crippen LogP contribution in [0.4, 0.5) is 0 Å². The topological polar surface area (TPSA) is 60.5 Å². The minimum atomic E-state index is -0.202. The minimum Gasteiger partial charge on any atom is -0.478 e. The highest BCUT2D eigenvalue weighted by Crippen LogP contribution is 2.26. The lowest BCUT2D eigenvalue weighted by atomic mass is 9.98. The number of ether oxygens (including phenoxy) is 2. The van der Waals surface area contributed by atoms with Gasteiger partial charge in [-0.15, -0.1) is 0 Å². The van der Waals surface area contributed by atoms with Crippen LogP contribution in [-0.2, 0) is 9.53 Å². The maximum atomic E-state index is 11.4. The summed E-state index contributed by atoms with van der Waals surface area (Å²) in [4.78, 5) is 15.6. The quantitative estimate of drug-likeness (QED) is 0.811.